The van der Waals surface area contributed by atoms with Gasteiger partial charge in [0.25, 0.3) is 15.9 Å². The molecule has 8 heteroatoms. The molecule has 1 atom stereocenters. The molecule has 7 nitrogen and oxygen atoms in total. The van der Waals surface area contributed by atoms with E-state index < -0.39 is 10.0 Å². The smallest absolute Gasteiger partial charge is 0.261 e. The van der Waals surface area contributed by atoms with Crippen LogP contribution in [0.25, 0.3) is 0 Å². The Kier molecular flexibility index (Phi) is 6.85. The number of rotatable bonds is 8. The molecule has 1 unspecified atom stereocenters. The lowest BCUT2D eigenvalue weighted by Crippen LogP contribution is -2.36. The van der Waals surface area contributed by atoms with E-state index in [4.69, 9.17) is 4.42 Å². The third-order valence-electron chi connectivity index (χ3n) is 5.94. The highest BCUT2D eigenvalue weighted by atomic mass is 32.2. The number of benzene rings is 2. The monoisotopic (exact) mass is 467 g/mol. The summed E-state index contributed by atoms with van der Waals surface area (Å²) >= 11 is 0. The van der Waals surface area contributed by atoms with Crippen LogP contribution >= 0.6 is 0 Å². The second-order valence-corrected chi connectivity index (χ2v) is 10.1. The molecule has 0 radical (unpaired) electrons. The Balaban J connectivity index is 1.51. The molecule has 2 aromatic carbocycles. The van der Waals surface area contributed by atoms with Gasteiger partial charge < -0.3 is 9.73 Å². The maximum atomic E-state index is 13.1. The Hall–Kier alpha value is -3.10. The Morgan fingerprint density at radius 2 is 1.85 bits per heavy atom. The Morgan fingerprint density at radius 3 is 2.55 bits per heavy atom. The van der Waals surface area contributed by atoms with Crippen molar-refractivity contribution in [2.45, 2.75) is 37.6 Å². The van der Waals surface area contributed by atoms with Crippen LogP contribution in [0.2, 0.25) is 0 Å². The number of anilines is 1. The molecule has 0 bridgehead atoms. The predicted molar refractivity (Wildman–Crippen MR) is 128 cm³/mol. The molecule has 0 spiro atoms. The van der Waals surface area contributed by atoms with Crippen LogP contribution in [-0.2, 0) is 10.0 Å². The van der Waals surface area contributed by atoms with Gasteiger partial charge in [-0.25, -0.2) is 8.42 Å². The minimum atomic E-state index is -3.84. The number of carbonyl (C=O) groups excluding carboxylic acids is 1. The Bertz CT molecular complexity index is 1220. The molecular formula is C25H29N3O4S. The number of likely N-dealkylation sites (tertiary alicyclic amines) is 1. The summed E-state index contributed by atoms with van der Waals surface area (Å²) in [4.78, 5) is 15.4. The summed E-state index contributed by atoms with van der Waals surface area (Å²) in [5.74, 6) is 0.503. The van der Waals surface area contributed by atoms with Crippen LogP contribution in [0, 0.1) is 13.8 Å². The Labute approximate surface area is 194 Å². The fourth-order valence-corrected chi connectivity index (χ4v) is 5.24. The van der Waals surface area contributed by atoms with Crippen molar-refractivity contribution in [2.75, 3.05) is 24.4 Å². The van der Waals surface area contributed by atoms with Crippen LogP contribution < -0.4 is 10.0 Å². The van der Waals surface area contributed by atoms with Crippen molar-refractivity contribution >= 4 is 21.6 Å². The van der Waals surface area contributed by atoms with Crippen molar-refractivity contribution in [2.24, 2.45) is 0 Å². The van der Waals surface area contributed by atoms with E-state index in [2.05, 4.69) is 14.9 Å². The van der Waals surface area contributed by atoms with Crippen LogP contribution in [0.3, 0.4) is 0 Å². The van der Waals surface area contributed by atoms with E-state index in [1.807, 2.05) is 25.1 Å². The molecule has 1 amide bonds. The van der Waals surface area contributed by atoms with E-state index in [9.17, 15) is 13.2 Å². The summed E-state index contributed by atoms with van der Waals surface area (Å²) in [5.41, 5.74) is 2.47. The first-order chi connectivity index (χ1) is 15.8. The number of sulfonamides is 1. The average Bonchev–Trinajstić information content (AvgIpc) is 3.49. The molecule has 4 rings (SSSR count). The quantitative estimate of drug-likeness (QED) is 0.516. The Morgan fingerprint density at radius 1 is 1.06 bits per heavy atom. The molecule has 1 aromatic heterocycles. The summed E-state index contributed by atoms with van der Waals surface area (Å²) in [5, 5.41) is 2.99. The minimum Gasteiger partial charge on any atom is -0.468 e. The minimum absolute atomic E-state index is 0.0434. The number of nitrogens with one attached hydrogen (secondary N) is 2. The van der Waals surface area contributed by atoms with Crippen molar-refractivity contribution in [3.05, 3.63) is 83.3 Å². The van der Waals surface area contributed by atoms with Gasteiger partial charge >= 0.3 is 0 Å². The van der Waals surface area contributed by atoms with Gasteiger partial charge in [-0.1, -0.05) is 18.2 Å². The van der Waals surface area contributed by atoms with E-state index in [0.29, 0.717) is 23.4 Å². The average molecular weight is 468 g/mol. The molecule has 0 aliphatic carbocycles. The molecule has 174 valence electrons. The van der Waals surface area contributed by atoms with Gasteiger partial charge in [-0.05, 0) is 87.3 Å². The van der Waals surface area contributed by atoms with E-state index in [1.165, 1.54) is 12.1 Å². The van der Waals surface area contributed by atoms with E-state index in [1.54, 1.807) is 37.5 Å². The van der Waals surface area contributed by atoms with Crippen molar-refractivity contribution in [1.82, 2.24) is 10.2 Å². The summed E-state index contributed by atoms with van der Waals surface area (Å²) < 4.78 is 34.1. The van der Waals surface area contributed by atoms with Gasteiger partial charge in [-0.2, -0.15) is 0 Å². The lowest BCUT2D eigenvalue weighted by atomic mass is 10.1. The first-order valence-corrected chi connectivity index (χ1v) is 12.6. The van der Waals surface area contributed by atoms with Crippen molar-refractivity contribution < 1.29 is 17.6 Å². The molecular weight excluding hydrogens is 438 g/mol. The van der Waals surface area contributed by atoms with Gasteiger partial charge in [0.05, 0.1) is 17.2 Å². The summed E-state index contributed by atoms with van der Waals surface area (Å²) in [6.07, 6.45) is 3.89. The third kappa shape index (κ3) is 5.46. The molecule has 2 heterocycles. The number of furan rings is 1. The lowest BCUT2D eigenvalue weighted by molar-refractivity contribution is 0.0933. The standard InChI is InChI=1S/C25H29N3O4S/c1-18-7-5-8-20(15-18)27-33(30,31)21-11-10-19(2)22(16-21)25(29)26-17-23(24-9-6-14-32-24)28-12-3-4-13-28/h5-11,14-16,23,27H,3-4,12-13,17H2,1-2H3,(H,26,29). The molecule has 0 saturated carbocycles. The second kappa shape index (κ2) is 9.80. The highest BCUT2D eigenvalue weighted by Crippen LogP contribution is 2.25. The van der Waals surface area contributed by atoms with Crippen LogP contribution in [-0.4, -0.2) is 38.9 Å². The SMILES string of the molecule is Cc1cccc(NS(=O)(=O)c2ccc(C)c(C(=O)NCC(c3ccco3)N3CCCC3)c2)c1. The lowest BCUT2D eigenvalue weighted by Gasteiger charge is -2.26. The molecule has 2 N–H and O–H groups in total. The van der Waals surface area contributed by atoms with Gasteiger partial charge in [0, 0.05) is 17.8 Å². The number of carbonyl (C=O) groups is 1. The third-order valence-corrected chi connectivity index (χ3v) is 7.32. The van der Waals surface area contributed by atoms with Crippen molar-refractivity contribution in [3.63, 3.8) is 0 Å². The molecule has 1 aliphatic rings. The fraction of sp³-hybridized carbons (Fsp3) is 0.320. The molecule has 1 fully saturated rings. The van der Waals surface area contributed by atoms with Gasteiger partial charge in [0.15, 0.2) is 0 Å². The normalized spacial score (nSPS) is 15.3. The first kappa shape index (κ1) is 23.1. The maximum absolute atomic E-state index is 13.1. The van der Waals surface area contributed by atoms with Crippen LogP contribution in [0.15, 0.2) is 70.2 Å². The number of hydrogen-bond donors (Lipinski definition) is 2. The van der Waals surface area contributed by atoms with E-state index in [0.717, 1.165) is 37.3 Å². The fourth-order valence-electron chi connectivity index (χ4n) is 4.16. The van der Waals surface area contributed by atoms with Crippen LogP contribution in [0.4, 0.5) is 5.69 Å². The van der Waals surface area contributed by atoms with E-state index in [-0.39, 0.29) is 16.8 Å². The zero-order chi connectivity index (χ0) is 23.4. The summed E-state index contributed by atoms with van der Waals surface area (Å²) in [6.45, 7) is 5.98. The zero-order valence-electron chi connectivity index (χ0n) is 18.9. The number of hydrogen-bond acceptors (Lipinski definition) is 5. The molecule has 33 heavy (non-hydrogen) atoms. The molecule has 1 aliphatic heterocycles. The van der Waals surface area contributed by atoms with Gasteiger partial charge in [0.2, 0.25) is 0 Å². The zero-order valence-corrected chi connectivity index (χ0v) is 19.7. The van der Waals surface area contributed by atoms with Crippen molar-refractivity contribution in [3.8, 4) is 0 Å². The highest BCUT2D eigenvalue weighted by molar-refractivity contribution is 7.92. The van der Waals surface area contributed by atoms with Crippen LogP contribution in [0.1, 0.15) is 46.1 Å². The van der Waals surface area contributed by atoms with Crippen LogP contribution in [0.5, 0.6) is 0 Å². The van der Waals surface area contributed by atoms with E-state index >= 15 is 0 Å². The number of aryl methyl sites for hydroxylation is 2. The topological polar surface area (TPSA) is 91.6 Å². The second-order valence-electron chi connectivity index (χ2n) is 8.44. The molecule has 1 saturated heterocycles. The first-order valence-electron chi connectivity index (χ1n) is 11.1. The maximum Gasteiger partial charge on any atom is 0.261 e. The largest absolute Gasteiger partial charge is 0.468 e. The highest BCUT2D eigenvalue weighted by Gasteiger charge is 2.26. The van der Waals surface area contributed by atoms with Crippen molar-refractivity contribution in [1.29, 1.82) is 0 Å². The summed E-state index contributed by atoms with van der Waals surface area (Å²) in [7, 11) is -3.84. The predicted octanol–water partition coefficient (Wildman–Crippen LogP) is 4.26. The van der Waals surface area contributed by atoms with Gasteiger partial charge in [0.1, 0.15) is 5.76 Å². The number of amides is 1. The van der Waals surface area contributed by atoms with Gasteiger partial charge in [-0.3, -0.25) is 14.4 Å². The summed E-state index contributed by atoms with van der Waals surface area (Å²) in [6, 6.07) is 15.4. The molecule has 3 aromatic rings. The van der Waals surface area contributed by atoms with Gasteiger partial charge in [-0.15, -0.1) is 0 Å². The number of nitrogens with zero attached hydrogens (tertiary/aromatic N) is 1.